The topological polar surface area (TPSA) is 65.2 Å². The molecule has 2 aromatic rings. The predicted molar refractivity (Wildman–Crippen MR) is 99.1 cm³/mol. The van der Waals surface area contributed by atoms with E-state index in [1.54, 1.807) is 0 Å². The molecule has 1 amide bonds. The van der Waals surface area contributed by atoms with Crippen LogP contribution in [0, 0.1) is 0 Å². The van der Waals surface area contributed by atoms with Gasteiger partial charge in [0.25, 0.3) is 11.5 Å². The molecule has 2 heterocycles. The van der Waals surface area contributed by atoms with Gasteiger partial charge < -0.3 is 15.2 Å². The fourth-order valence-electron chi connectivity index (χ4n) is 3.16. The van der Waals surface area contributed by atoms with Crippen LogP contribution in [0.2, 0.25) is 5.02 Å². The van der Waals surface area contributed by atoms with Crippen LogP contribution in [-0.2, 0) is 6.42 Å². The summed E-state index contributed by atoms with van der Waals surface area (Å²) >= 11 is 5.79. The van der Waals surface area contributed by atoms with Crippen LogP contribution in [0.15, 0.2) is 47.4 Å². The van der Waals surface area contributed by atoms with Crippen molar-refractivity contribution in [1.29, 1.82) is 0 Å². The van der Waals surface area contributed by atoms with Gasteiger partial charge in [0.1, 0.15) is 5.02 Å². The third-order valence-electron chi connectivity index (χ3n) is 4.52. The minimum atomic E-state index is -0.386. The third kappa shape index (κ3) is 4.94. The molecule has 2 N–H and O–H groups in total. The molecule has 1 aromatic heterocycles. The molecule has 132 valence electrons. The van der Waals surface area contributed by atoms with E-state index in [2.05, 4.69) is 39.5 Å². The zero-order valence-corrected chi connectivity index (χ0v) is 14.8. The second-order valence-electron chi connectivity index (χ2n) is 6.41. The standard InChI is InChI=1S/C19H22ClN3O2/c20-17-11-15(12-21-19(17)25)18(24)22-16-7-4-9-23(13-16)10-8-14-5-2-1-3-6-14/h1-3,5-6,11-12,16H,4,7-10,13H2,(H,21,25)(H,22,24)/t16-/m0/s1. The Morgan fingerprint density at radius 2 is 2.12 bits per heavy atom. The Balaban J connectivity index is 1.53. The van der Waals surface area contributed by atoms with E-state index >= 15 is 0 Å². The quantitative estimate of drug-likeness (QED) is 0.861. The molecule has 6 heteroatoms. The molecule has 0 unspecified atom stereocenters. The van der Waals surface area contributed by atoms with Crippen molar-refractivity contribution in [2.24, 2.45) is 0 Å². The fraction of sp³-hybridized carbons (Fsp3) is 0.368. The second kappa shape index (κ2) is 8.32. The number of H-pyrrole nitrogens is 1. The summed E-state index contributed by atoms with van der Waals surface area (Å²) in [5.74, 6) is -0.201. The van der Waals surface area contributed by atoms with Crippen LogP contribution in [0.1, 0.15) is 28.8 Å². The van der Waals surface area contributed by atoms with Gasteiger partial charge in [0.15, 0.2) is 0 Å². The summed E-state index contributed by atoms with van der Waals surface area (Å²) in [6.07, 6.45) is 4.44. The lowest BCUT2D eigenvalue weighted by molar-refractivity contribution is 0.0903. The normalized spacial score (nSPS) is 18.0. The largest absolute Gasteiger partial charge is 0.348 e. The summed E-state index contributed by atoms with van der Waals surface area (Å²) in [6, 6.07) is 12.0. The first-order chi connectivity index (χ1) is 12.1. The highest BCUT2D eigenvalue weighted by atomic mass is 35.5. The lowest BCUT2D eigenvalue weighted by Gasteiger charge is -2.33. The summed E-state index contributed by atoms with van der Waals surface area (Å²) in [6.45, 7) is 2.89. The average Bonchev–Trinajstić information content (AvgIpc) is 2.63. The maximum atomic E-state index is 12.4. The Morgan fingerprint density at radius 3 is 2.88 bits per heavy atom. The molecule has 1 fully saturated rings. The molecule has 0 spiro atoms. The van der Waals surface area contributed by atoms with E-state index in [0.29, 0.717) is 5.56 Å². The van der Waals surface area contributed by atoms with Crippen LogP contribution in [0.3, 0.4) is 0 Å². The van der Waals surface area contributed by atoms with E-state index in [9.17, 15) is 9.59 Å². The summed E-state index contributed by atoms with van der Waals surface area (Å²) in [5, 5.41) is 3.08. The molecular formula is C19H22ClN3O2. The number of carbonyl (C=O) groups excluding carboxylic acids is 1. The fourth-order valence-corrected chi connectivity index (χ4v) is 3.34. The van der Waals surface area contributed by atoms with Gasteiger partial charge in [-0.1, -0.05) is 41.9 Å². The zero-order valence-electron chi connectivity index (χ0n) is 14.0. The third-order valence-corrected chi connectivity index (χ3v) is 4.80. The van der Waals surface area contributed by atoms with Crippen LogP contribution in [-0.4, -0.2) is 41.5 Å². The highest BCUT2D eigenvalue weighted by Gasteiger charge is 2.22. The van der Waals surface area contributed by atoms with Crippen molar-refractivity contribution >= 4 is 17.5 Å². The average molecular weight is 360 g/mol. The molecule has 0 saturated carbocycles. The van der Waals surface area contributed by atoms with Crippen LogP contribution in [0.4, 0.5) is 0 Å². The monoisotopic (exact) mass is 359 g/mol. The molecule has 1 saturated heterocycles. The van der Waals surface area contributed by atoms with Gasteiger partial charge in [-0.15, -0.1) is 0 Å². The lowest BCUT2D eigenvalue weighted by Crippen LogP contribution is -2.48. The Bertz CT molecular complexity index is 776. The van der Waals surface area contributed by atoms with Gasteiger partial charge >= 0.3 is 0 Å². The number of pyridine rings is 1. The van der Waals surface area contributed by atoms with Crippen LogP contribution < -0.4 is 10.9 Å². The first-order valence-electron chi connectivity index (χ1n) is 8.57. The molecule has 1 aliphatic heterocycles. The molecule has 0 aliphatic carbocycles. The summed E-state index contributed by atoms with van der Waals surface area (Å²) < 4.78 is 0. The maximum Gasteiger partial charge on any atom is 0.266 e. The van der Waals surface area contributed by atoms with E-state index in [-0.39, 0.29) is 22.5 Å². The van der Waals surface area contributed by atoms with Crippen molar-refractivity contribution in [1.82, 2.24) is 15.2 Å². The predicted octanol–water partition coefficient (Wildman–Crippen LogP) is 2.47. The molecule has 5 nitrogen and oxygen atoms in total. The number of aromatic amines is 1. The smallest absolute Gasteiger partial charge is 0.266 e. The van der Waals surface area contributed by atoms with Gasteiger partial charge in [-0.05, 0) is 37.4 Å². The Labute approximate surface area is 152 Å². The number of hydrogen-bond acceptors (Lipinski definition) is 3. The number of piperidine rings is 1. The van der Waals surface area contributed by atoms with Crippen LogP contribution >= 0.6 is 11.6 Å². The van der Waals surface area contributed by atoms with Crippen molar-refractivity contribution in [2.45, 2.75) is 25.3 Å². The number of nitrogens with one attached hydrogen (secondary N) is 2. The van der Waals surface area contributed by atoms with Gasteiger partial charge in [-0.2, -0.15) is 0 Å². The van der Waals surface area contributed by atoms with Crippen molar-refractivity contribution in [3.63, 3.8) is 0 Å². The Hall–Kier alpha value is -2.11. The SMILES string of the molecule is O=C(N[C@H]1CCCN(CCc2ccccc2)C1)c1c[nH]c(=O)c(Cl)c1. The number of hydrogen-bond donors (Lipinski definition) is 2. The molecule has 1 atom stereocenters. The van der Waals surface area contributed by atoms with Gasteiger partial charge in [0.2, 0.25) is 0 Å². The number of aromatic nitrogens is 1. The highest BCUT2D eigenvalue weighted by molar-refractivity contribution is 6.30. The van der Waals surface area contributed by atoms with Crippen LogP contribution in [0.5, 0.6) is 0 Å². The Morgan fingerprint density at radius 1 is 1.32 bits per heavy atom. The maximum absolute atomic E-state index is 12.4. The molecular weight excluding hydrogens is 338 g/mol. The summed E-state index contributed by atoms with van der Waals surface area (Å²) in [4.78, 5) is 28.5. The molecule has 3 rings (SSSR count). The second-order valence-corrected chi connectivity index (χ2v) is 6.82. The van der Waals surface area contributed by atoms with Crippen molar-refractivity contribution < 1.29 is 4.79 Å². The number of halogens is 1. The number of amides is 1. The molecule has 1 aromatic carbocycles. The Kier molecular flexibility index (Phi) is 5.89. The van der Waals surface area contributed by atoms with Crippen LogP contribution in [0.25, 0.3) is 0 Å². The molecule has 0 radical (unpaired) electrons. The lowest BCUT2D eigenvalue weighted by atomic mass is 10.0. The number of likely N-dealkylation sites (tertiary alicyclic amines) is 1. The molecule has 1 aliphatic rings. The zero-order chi connectivity index (χ0) is 17.6. The summed E-state index contributed by atoms with van der Waals surface area (Å²) in [5.41, 5.74) is 1.32. The van der Waals surface area contributed by atoms with E-state index in [1.807, 2.05) is 6.07 Å². The van der Waals surface area contributed by atoms with E-state index in [0.717, 1.165) is 38.9 Å². The number of benzene rings is 1. The van der Waals surface area contributed by atoms with E-state index in [1.165, 1.54) is 17.8 Å². The minimum Gasteiger partial charge on any atom is -0.348 e. The number of carbonyl (C=O) groups is 1. The minimum absolute atomic E-state index is 0.0285. The number of nitrogens with zero attached hydrogens (tertiary/aromatic N) is 1. The van der Waals surface area contributed by atoms with E-state index in [4.69, 9.17) is 11.6 Å². The van der Waals surface area contributed by atoms with Crippen molar-refractivity contribution in [2.75, 3.05) is 19.6 Å². The first-order valence-corrected chi connectivity index (χ1v) is 8.95. The number of rotatable bonds is 5. The first kappa shape index (κ1) is 17.7. The van der Waals surface area contributed by atoms with Crippen molar-refractivity contribution in [3.8, 4) is 0 Å². The van der Waals surface area contributed by atoms with Gasteiger partial charge in [-0.25, -0.2) is 0 Å². The summed E-state index contributed by atoms with van der Waals surface area (Å²) in [7, 11) is 0. The van der Waals surface area contributed by atoms with Gasteiger partial charge in [0.05, 0.1) is 5.56 Å². The van der Waals surface area contributed by atoms with E-state index < -0.39 is 0 Å². The molecule has 0 bridgehead atoms. The van der Waals surface area contributed by atoms with Gasteiger partial charge in [-0.3, -0.25) is 9.59 Å². The van der Waals surface area contributed by atoms with Gasteiger partial charge in [0, 0.05) is 25.3 Å². The highest BCUT2D eigenvalue weighted by Crippen LogP contribution is 2.13. The van der Waals surface area contributed by atoms with Crippen molar-refractivity contribution in [3.05, 3.63) is 69.1 Å². The molecule has 25 heavy (non-hydrogen) atoms.